The molecule has 39 heavy (non-hydrogen) atoms. The van der Waals surface area contributed by atoms with E-state index in [0.29, 0.717) is 35.2 Å². The number of nitrogens with zero attached hydrogens (tertiary/aromatic N) is 2. The van der Waals surface area contributed by atoms with E-state index in [4.69, 9.17) is 4.74 Å². The normalized spacial score (nSPS) is 10.9. The zero-order valence-electron chi connectivity index (χ0n) is 21.1. The van der Waals surface area contributed by atoms with E-state index in [1.807, 2.05) is 0 Å². The van der Waals surface area contributed by atoms with Crippen LogP contribution in [0.1, 0.15) is 22.3 Å². The summed E-state index contributed by atoms with van der Waals surface area (Å²) in [5, 5.41) is 5.53. The fourth-order valence-electron chi connectivity index (χ4n) is 4.05. The molecular formula is C28H26BrFN4O5. The van der Waals surface area contributed by atoms with Gasteiger partial charge in [0.05, 0.1) is 23.1 Å². The Hall–Kier alpha value is -4.09. The Labute approximate surface area is 231 Å². The maximum atomic E-state index is 14.2. The van der Waals surface area contributed by atoms with Gasteiger partial charge in [-0.05, 0) is 54.4 Å². The highest BCUT2D eigenvalue weighted by Crippen LogP contribution is 2.19. The molecule has 4 aromatic rings. The summed E-state index contributed by atoms with van der Waals surface area (Å²) in [4.78, 5) is 51.8. The highest BCUT2D eigenvalue weighted by molar-refractivity contribution is 9.10. The Morgan fingerprint density at radius 2 is 1.74 bits per heavy atom. The first kappa shape index (κ1) is 27.9. The minimum absolute atomic E-state index is 0.0308. The van der Waals surface area contributed by atoms with Crippen molar-refractivity contribution in [2.45, 2.75) is 19.5 Å². The molecule has 3 aromatic carbocycles. The lowest BCUT2D eigenvalue weighted by Crippen LogP contribution is -2.42. The molecule has 0 bridgehead atoms. The Bertz CT molecular complexity index is 1630. The van der Waals surface area contributed by atoms with Gasteiger partial charge in [-0.2, -0.15) is 0 Å². The molecule has 0 unspecified atom stereocenters. The number of rotatable bonds is 10. The van der Waals surface area contributed by atoms with Gasteiger partial charge in [-0.1, -0.05) is 40.2 Å². The topological polar surface area (TPSA) is 111 Å². The van der Waals surface area contributed by atoms with Crippen molar-refractivity contribution in [3.05, 3.63) is 109 Å². The number of para-hydroxylation sites is 1. The monoisotopic (exact) mass is 596 g/mol. The second kappa shape index (κ2) is 12.6. The van der Waals surface area contributed by atoms with E-state index in [1.165, 1.54) is 16.7 Å². The van der Waals surface area contributed by atoms with E-state index in [-0.39, 0.29) is 29.0 Å². The molecule has 11 heteroatoms. The highest BCUT2D eigenvalue weighted by atomic mass is 79.9. The third-order valence-corrected chi connectivity index (χ3v) is 6.50. The summed E-state index contributed by atoms with van der Waals surface area (Å²) in [5.74, 6) is -1.50. The maximum absolute atomic E-state index is 14.2. The van der Waals surface area contributed by atoms with Crippen LogP contribution in [-0.2, 0) is 22.6 Å². The van der Waals surface area contributed by atoms with Crippen LogP contribution in [0.5, 0.6) is 0 Å². The van der Waals surface area contributed by atoms with Crippen LogP contribution < -0.4 is 21.9 Å². The van der Waals surface area contributed by atoms with Crippen LogP contribution in [0, 0.1) is 5.82 Å². The molecule has 0 saturated heterocycles. The van der Waals surface area contributed by atoms with Gasteiger partial charge in [0.15, 0.2) is 0 Å². The lowest BCUT2D eigenvalue weighted by molar-refractivity contribution is -0.116. The van der Waals surface area contributed by atoms with E-state index in [0.717, 1.165) is 4.57 Å². The van der Waals surface area contributed by atoms with Crippen molar-refractivity contribution in [1.82, 2.24) is 14.5 Å². The van der Waals surface area contributed by atoms with Gasteiger partial charge >= 0.3 is 5.69 Å². The lowest BCUT2D eigenvalue weighted by Gasteiger charge is -2.15. The first-order chi connectivity index (χ1) is 18.8. The van der Waals surface area contributed by atoms with Crippen molar-refractivity contribution in [2.24, 2.45) is 0 Å². The third kappa shape index (κ3) is 6.68. The molecule has 0 aliphatic rings. The number of amides is 2. The minimum atomic E-state index is -0.690. The second-order valence-electron chi connectivity index (χ2n) is 8.75. The van der Waals surface area contributed by atoms with Crippen molar-refractivity contribution < 1.29 is 18.7 Å². The number of carbonyl (C=O) groups excluding carboxylic acids is 2. The van der Waals surface area contributed by atoms with Crippen molar-refractivity contribution in [1.29, 1.82) is 0 Å². The standard InChI is InChI=1S/C28H26BrFN4O5/c1-39-14-4-13-31-26(36)19-9-7-18(8-10-19)16-34-27(37)21-5-2-3-6-24(21)33(28(34)38)17-25(35)32-23-12-11-20(29)15-22(23)30/h2-3,5-12,15H,4,13-14,16-17H2,1H3,(H,31,36)(H,32,35). The fourth-order valence-corrected chi connectivity index (χ4v) is 4.39. The molecule has 4 rings (SSSR count). The van der Waals surface area contributed by atoms with E-state index in [9.17, 15) is 23.6 Å². The maximum Gasteiger partial charge on any atom is 0.332 e. The minimum Gasteiger partial charge on any atom is -0.385 e. The van der Waals surface area contributed by atoms with Crippen molar-refractivity contribution >= 4 is 44.3 Å². The SMILES string of the molecule is COCCCNC(=O)c1ccc(Cn2c(=O)c3ccccc3n(CC(=O)Nc3ccc(Br)cc3F)c2=O)cc1. The summed E-state index contributed by atoms with van der Waals surface area (Å²) in [7, 11) is 1.59. The zero-order valence-corrected chi connectivity index (χ0v) is 22.7. The number of methoxy groups -OCH3 is 1. The number of benzene rings is 3. The van der Waals surface area contributed by atoms with Crippen LogP contribution in [0.15, 0.2) is 80.8 Å². The van der Waals surface area contributed by atoms with Crippen LogP contribution >= 0.6 is 15.9 Å². The number of hydrogen-bond donors (Lipinski definition) is 2. The van der Waals surface area contributed by atoms with Gasteiger partial charge in [-0.25, -0.2) is 9.18 Å². The fraction of sp³-hybridized carbons (Fsp3) is 0.214. The summed E-state index contributed by atoms with van der Waals surface area (Å²) in [6, 6.07) is 17.2. The molecule has 0 aliphatic carbocycles. The van der Waals surface area contributed by atoms with Gasteiger partial charge in [0.2, 0.25) is 5.91 Å². The largest absolute Gasteiger partial charge is 0.385 e. The van der Waals surface area contributed by atoms with Gasteiger partial charge in [0.25, 0.3) is 11.5 Å². The van der Waals surface area contributed by atoms with Gasteiger partial charge < -0.3 is 15.4 Å². The summed E-state index contributed by atoms with van der Waals surface area (Å²) in [5.41, 5.74) is 0.119. The molecule has 9 nitrogen and oxygen atoms in total. The number of fused-ring (bicyclic) bond motifs is 1. The molecule has 202 valence electrons. The van der Waals surface area contributed by atoms with Gasteiger partial charge in [0.1, 0.15) is 12.4 Å². The third-order valence-electron chi connectivity index (χ3n) is 6.01. The van der Waals surface area contributed by atoms with Gasteiger partial charge in [-0.15, -0.1) is 0 Å². The first-order valence-corrected chi connectivity index (χ1v) is 12.9. The summed E-state index contributed by atoms with van der Waals surface area (Å²) in [6.07, 6.45) is 0.688. The number of hydrogen-bond acceptors (Lipinski definition) is 5. The van der Waals surface area contributed by atoms with E-state index < -0.39 is 29.5 Å². The smallest absolute Gasteiger partial charge is 0.332 e. The highest BCUT2D eigenvalue weighted by Gasteiger charge is 2.17. The number of carbonyl (C=O) groups is 2. The molecule has 0 atom stereocenters. The number of halogens is 2. The Kier molecular flexibility index (Phi) is 9.05. The van der Waals surface area contributed by atoms with Crippen molar-refractivity contribution in [3.8, 4) is 0 Å². The molecule has 0 fully saturated rings. The molecule has 1 aromatic heterocycles. The molecule has 2 amide bonds. The number of ether oxygens (including phenoxy) is 1. The molecule has 0 spiro atoms. The second-order valence-corrected chi connectivity index (χ2v) is 9.66. The number of aromatic nitrogens is 2. The van der Waals surface area contributed by atoms with Crippen LogP contribution in [-0.4, -0.2) is 41.2 Å². The Balaban J connectivity index is 1.59. The summed E-state index contributed by atoms with van der Waals surface area (Å²) < 4.78 is 21.9. The molecule has 0 aliphatic heterocycles. The molecule has 0 radical (unpaired) electrons. The van der Waals surface area contributed by atoms with Crippen LogP contribution in [0.25, 0.3) is 10.9 Å². The molecule has 2 N–H and O–H groups in total. The lowest BCUT2D eigenvalue weighted by atomic mass is 10.1. The average molecular weight is 597 g/mol. The number of anilines is 1. The Morgan fingerprint density at radius 3 is 2.46 bits per heavy atom. The average Bonchev–Trinajstić information content (AvgIpc) is 2.93. The Morgan fingerprint density at radius 1 is 1.00 bits per heavy atom. The van der Waals surface area contributed by atoms with E-state index >= 15 is 0 Å². The van der Waals surface area contributed by atoms with E-state index in [1.54, 1.807) is 61.7 Å². The first-order valence-electron chi connectivity index (χ1n) is 12.1. The van der Waals surface area contributed by atoms with E-state index in [2.05, 4.69) is 26.6 Å². The van der Waals surface area contributed by atoms with Gasteiger partial charge in [-0.3, -0.25) is 23.5 Å². The van der Waals surface area contributed by atoms with Crippen molar-refractivity contribution in [2.75, 3.05) is 25.6 Å². The summed E-state index contributed by atoms with van der Waals surface area (Å²) in [6.45, 7) is 0.515. The molecule has 0 saturated carbocycles. The predicted octanol–water partition coefficient (Wildman–Crippen LogP) is 3.52. The zero-order chi connectivity index (χ0) is 27.9. The number of nitrogens with one attached hydrogen (secondary N) is 2. The molecular weight excluding hydrogens is 571 g/mol. The van der Waals surface area contributed by atoms with Crippen LogP contribution in [0.3, 0.4) is 0 Å². The quantitative estimate of drug-likeness (QED) is 0.272. The summed E-state index contributed by atoms with van der Waals surface area (Å²) >= 11 is 3.17. The van der Waals surface area contributed by atoms with Crippen molar-refractivity contribution in [3.63, 3.8) is 0 Å². The predicted molar refractivity (Wildman–Crippen MR) is 150 cm³/mol. The van der Waals surface area contributed by atoms with Gasteiger partial charge in [0, 0.05) is 30.3 Å². The van der Waals surface area contributed by atoms with Crippen LogP contribution in [0.4, 0.5) is 10.1 Å². The van der Waals surface area contributed by atoms with Crippen LogP contribution in [0.2, 0.25) is 0 Å². The molecule has 1 heterocycles.